The molecule has 3 aromatic heterocycles. The van der Waals surface area contributed by atoms with Crippen molar-refractivity contribution >= 4 is 27.9 Å². The van der Waals surface area contributed by atoms with Gasteiger partial charge in [0.2, 0.25) is 0 Å². The molecule has 6 aromatic rings. The number of rotatable bonds is 5. The Labute approximate surface area is 252 Å². The van der Waals surface area contributed by atoms with E-state index in [1.807, 2.05) is 0 Å². The van der Waals surface area contributed by atoms with E-state index >= 15 is 0 Å². The van der Waals surface area contributed by atoms with Crippen molar-refractivity contribution in [3.8, 4) is 28.6 Å². The molecule has 7 rings (SSSR count). The summed E-state index contributed by atoms with van der Waals surface area (Å²) in [6.45, 7) is 1.22. The first kappa shape index (κ1) is 27.7. The van der Waals surface area contributed by atoms with Gasteiger partial charge in [-0.1, -0.05) is 6.07 Å². The molecule has 0 fully saturated rings. The SMILES string of the molecule is CC(=O)OC1Oc2ccc(Cc3cc(=O)oc4ccc(O)cc34)cc2-c2oc(=O)c(Cc3cc(=O)oc4ccc(O)cc34)cc21. The Morgan fingerprint density at radius 3 is 1.98 bits per heavy atom. The van der Waals surface area contributed by atoms with Gasteiger partial charge in [0.05, 0.1) is 11.1 Å². The van der Waals surface area contributed by atoms with Crippen molar-refractivity contribution in [3.63, 3.8) is 0 Å². The second-order valence-corrected chi connectivity index (χ2v) is 10.6. The van der Waals surface area contributed by atoms with Crippen LogP contribution < -0.4 is 21.6 Å². The number of benzene rings is 3. The van der Waals surface area contributed by atoms with Crippen LogP contribution in [0.4, 0.5) is 0 Å². The Kier molecular flexibility index (Phi) is 6.51. The van der Waals surface area contributed by atoms with E-state index in [-0.39, 0.29) is 46.8 Å². The van der Waals surface area contributed by atoms with Gasteiger partial charge in [-0.3, -0.25) is 4.79 Å². The molecule has 1 atom stereocenters. The number of ether oxygens (including phenoxy) is 2. The second kappa shape index (κ2) is 10.6. The van der Waals surface area contributed by atoms with Crippen LogP contribution in [0.3, 0.4) is 0 Å². The maximum atomic E-state index is 13.4. The van der Waals surface area contributed by atoms with E-state index in [1.165, 1.54) is 61.5 Å². The third kappa shape index (κ3) is 5.20. The summed E-state index contributed by atoms with van der Waals surface area (Å²) in [5, 5.41) is 21.0. The fourth-order valence-corrected chi connectivity index (χ4v) is 5.57. The first-order chi connectivity index (χ1) is 21.6. The van der Waals surface area contributed by atoms with Crippen molar-refractivity contribution in [2.45, 2.75) is 26.1 Å². The summed E-state index contributed by atoms with van der Waals surface area (Å²) in [5.74, 6) is -0.236. The molecule has 4 heterocycles. The summed E-state index contributed by atoms with van der Waals surface area (Å²) in [6, 6.07) is 17.9. The summed E-state index contributed by atoms with van der Waals surface area (Å²) < 4.78 is 27.8. The number of hydrogen-bond acceptors (Lipinski definition) is 11. The molecule has 45 heavy (non-hydrogen) atoms. The van der Waals surface area contributed by atoms with E-state index < -0.39 is 29.1 Å². The van der Waals surface area contributed by atoms with Crippen LogP contribution in [0, 0.1) is 0 Å². The number of esters is 1. The number of phenols is 2. The minimum Gasteiger partial charge on any atom is -0.508 e. The molecule has 224 valence electrons. The minimum atomic E-state index is -1.23. The molecular formula is C34H22O11. The van der Waals surface area contributed by atoms with Crippen molar-refractivity contribution in [2.24, 2.45) is 0 Å². The van der Waals surface area contributed by atoms with Crippen molar-refractivity contribution in [1.29, 1.82) is 0 Å². The maximum absolute atomic E-state index is 13.4. The van der Waals surface area contributed by atoms with Crippen LogP contribution in [0.15, 0.2) is 100 Å². The molecule has 0 saturated carbocycles. The Hall–Kier alpha value is -6.10. The van der Waals surface area contributed by atoms with E-state index in [9.17, 15) is 29.4 Å². The zero-order valence-corrected chi connectivity index (χ0v) is 23.5. The van der Waals surface area contributed by atoms with Crippen LogP contribution in [0.5, 0.6) is 17.2 Å². The highest BCUT2D eigenvalue weighted by Crippen LogP contribution is 2.43. The Morgan fingerprint density at radius 2 is 1.36 bits per heavy atom. The molecule has 0 bridgehead atoms. The summed E-state index contributed by atoms with van der Waals surface area (Å²) in [6.07, 6.45) is -1.02. The van der Waals surface area contributed by atoms with Crippen molar-refractivity contribution in [2.75, 3.05) is 0 Å². The third-order valence-corrected chi connectivity index (χ3v) is 7.50. The van der Waals surface area contributed by atoms with Gasteiger partial charge >= 0.3 is 22.8 Å². The van der Waals surface area contributed by atoms with Crippen LogP contribution in [0.1, 0.15) is 41.0 Å². The van der Waals surface area contributed by atoms with Gasteiger partial charge < -0.3 is 32.9 Å². The highest BCUT2D eigenvalue weighted by atomic mass is 16.7. The largest absolute Gasteiger partial charge is 0.508 e. The van der Waals surface area contributed by atoms with Crippen molar-refractivity contribution < 1.29 is 37.7 Å². The lowest BCUT2D eigenvalue weighted by atomic mass is 9.95. The van der Waals surface area contributed by atoms with E-state index in [2.05, 4.69) is 0 Å². The van der Waals surface area contributed by atoms with Crippen molar-refractivity contribution in [1.82, 2.24) is 0 Å². The highest BCUT2D eigenvalue weighted by molar-refractivity contribution is 5.83. The van der Waals surface area contributed by atoms with Gasteiger partial charge in [-0.2, -0.15) is 0 Å². The minimum absolute atomic E-state index is 0.0145. The average molecular weight is 607 g/mol. The van der Waals surface area contributed by atoms with Gasteiger partial charge in [-0.25, -0.2) is 14.4 Å². The molecule has 1 aliphatic rings. The normalized spacial score (nSPS) is 13.7. The number of hydrogen-bond donors (Lipinski definition) is 2. The molecular weight excluding hydrogens is 584 g/mol. The van der Waals surface area contributed by atoms with E-state index in [0.29, 0.717) is 38.8 Å². The summed E-state index contributed by atoms with van der Waals surface area (Å²) in [7, 11) is 0. The van der Waals surface area contributed by atoms with E-state index in [0.717, 1.165) is 5.56 Å². The molecule has 0 aliphatic carbocycles. The molecule has 1 aliphatic heterocycles. The van der Waals surface area contributed by atoms with Gasteiger partial charge in [-0.05, 0) is 77.7 Å². The molecule has 2 N–H and O–H groups in total. The monoisotopic (exact) mass is 606 g/mol. The fourth-order valence-electron chi connectivity index (χ4n) is 5.57. The molecule has 0 spiro atoms. The average Bonchev–Trinajstić information content (AvgIpc) is 2.98. The lowest BCUT2D eigenvalue weighted by Gasteiger charge is -2.27. The molecule has 0 radical (unpaired) electrons. The number of carbonyl (C=O) groups is 1. The van der Waals surface area contributed by atoms with Gasteiger partial charge in [0, 0.05) is 41.8 Å². The third-order valence-electron chi connectivity index (χ3n) is 7.50. The predicted octanol–water partition coefficient (Wildman–Crippen LogP) is 5.07. The smallest absolute Gasteiger partial charge is 0.339 e. The first-order valence-electron chi connectivity index (χ1n) is 13.8. The van der Waals surface area contributed by atoms with Crippen LogP contribution in [-0.4, -0.2) is 16.2 Å². The van der Waals surface area contributed by atoms with E-state index in [4.69, 9.17) is 22.7 Å². The first-order valence-corrected chi connectivity index (χ1v) is 13.8. The van der Waals surface area contributed by atoms with Crippen LogP contribution in [-0.2, 0) is 22.4 Å². The molecule has 0 saturated heterocycles. The quantitative estimate of drug-likeness (QED) is 0.199. The summed E-state index contributed by atoms with van der Waals surface area (Å²) in [5.41, 5.74) is 1.26. The molecule has 3 aromatic carbocycles. The topological polar surface area (TPSA) is 167 Å². The van der Waals surface area contributed by atoms with E-state index in [1.54, 1.807) is 18.2 Å². The maximum Gasteiger partial charge on any atom is 0.339 e. The van der Waals surface area contributed by atoms with Crippen molar-refractivity contribution in [3.05, 3.63) is 132 Å². The lowest BCUT2D eigenvalue weighted by Crippen LogP contribution is -2.22. The number of carbonyl (C=O) groups excluding carboxylic acids is 1. The molecule has 1 unspecified atom stereocenters. The number of aromatic hydroxyl groups is 2. The Bertz CT molecular complexity index is 2360. The zero-order chi connectivity index (χ0) is 31.4. The van der Waals surface area contributed by atoms with Crippen LogP contribution >= 0.6 is 0 Å². The zero-order valence-electron chi connectivity index (χ0n) is 23.5. The number of phenolic OH excluding ortho intramolecular Hbond substituents is 2. The van der Waals surface area contributed by atoms with Crippen LogP contribution in [0.25, 0.3) is 33.3 Å². The molecule has 11 nitrogen and oxygen atoms in total. The standard InChI is InChI=1S/C34H22O11/c1-16(35)41-34-26-11-20(10-19-13-31(39)43-28-7-4-22(37)15-24(19)28)33(40)45-32(26)25-9-17(2-5-29(25)44-34)8-18-12-30(38)42-27-6-3-21(36)14-23(18)27/h2-7,9,11-15,34,36-37H,8,10H2,1H3. The summed E-state index contributed by atoms with van der Waals surface area (Å²) >= 11 is 0. The van der Waals surface area contributed by atoms with Crippen LogP contribution in [0.2, 0.25) is 0 Å². The van der Waals surface area contributed by atoms with Gasteiger partial charge in [0.15, 0.2) is 5.76 Å². The van der Waals surface area contributed by atoms with Gasteiger partial charge in [0.25, 0.3) is 6.29 Å². The fraction of sp³-hybridized carbons (Fsp3) is 0.118. The number of fused-ring (bicyclic) bond motifs is 5. The second-order valence-electron chi connectivity index (χ2n) is 10.6. The highest BCUT2D eigenvalue weighted by Gasteiger charge is 2.32. The van der Waals surface area contributed by atoms with Gasteiger partial charge in [0.1, 0.15) is 28.4 Å². The molecule has 11 heteroatoms. The molecule has 0 amide bonds. The predicted molar refractivity (Wildman–Crippen MR) is 159 cm³/mol. The Morgan fingerprint density at radius 1 is 0.733 bits per heavy atom. The lowest BCUT2D eigenvalue weighted by molar-refractivity contribution is -0.162. The Balaban J connectivity index is 1.32. The van der Waals surface area contributed by atoms with Gasteiger partial charge in [-0.15, -0.1) is 0 Å². The summed E-state index contributed by atoms with van der Waals surface area (Å²) in [4.78, 5) is 49.8.